The summed E-state index contributed by atoms with van der Waals surface area (Å²) < 4.78 is 0. The van der Waals surface area contributed by atoms with Crippen molar-refractivity contribution >= 4 is 5.70 Å². The molecule has 2 nitrogen and oxygen atoms in total. The fourth-order valence-electron chi connectivity index (χ4n) is 2.63. The highest BCUT2D eigenvalue weighted by molar-refractivity contribution is 5.69. The van der Waals surface area contributed by atoms with Gasteiger partial charge in [0.25, 0.3) is 0 Å². The Kier molecular flexibility index (Phi) is 13.1. The van der Waals surface area contributed by atoms with Gasteiger partial charge in [-0.05, 0) is 50.5 Å². The predicted octanol–water partition coefficient (Wildman–Crippen LogP) is 7.93. The number of nitrogens with zero attached hydrogens (tertiary/aromatic N) is 1. The molecule has 0 aliphatic heterocycles. The van der Waals surface area contributed by atoms with Crippen molar-refractivity contribution < 1.29 is 0 Å². The number of pyridine rings is 1. The minimum atomic E-state index is 0.902. The molecular formula is C26H38N2. The van der Waals surface area contributed by atoms with Gasteiger partial charge in [-0.15, -0.1) is 0 Å². The molecule has 0 bridgehead atoms. The molecule has 152 valence electrons. The number of nitrogens with one attached hydrogen (secondary N) is 1. The maximum atomic E-state index is 4.47. The van der Waals surface area contributed by atoms with E-state index < -0.39 is 0 Å². The number of aromatic nitrogens is 1. The Morgan fingerprint density at radius 3 is 2.18 bits per heavy atom. The summed E-state index contributed by atoms with van der Waals surface area (Å²) in [5.74, 6) is 0. The van der Waals surface area contributed by atoms with Gasteiger partial charge in [-0.3, -0.25) is 4.98 Å². The molecule has 1 heterocycles. The van der Waals surface area contributed by atoms with E-state index in [1.165, 1.54) is 11.1 Å². The van der Waals surface area contributed by atoms with Crippen LogP contribution in [0.1, 0.15) is 66.0 Å². The van der Waals surface area contributed by atoms with Crippen LogP contribution in [0.5, 0.6) is 0 Å². The molecule has 0 radical (unpaired) electrons. The summed E-state index contributed by atoms with van der Waals surface area (Å²) in [5, 5.41) is 3.38. The monoisotopic (exact) mass is 378 g/mol. The smallest absolute Gasteiger partial charge is 0.0731 e. The van der Waals surface area contributed by atoms with E-state index in [1.807, 2.05) is 40.0 Å². The van der Waals surface area contributed by atoms with Crippen LogP contribution < -0.4 is 5.32 Å². The van der Waals surface area contributed by atoms with Crippen molar-refractivity contribution in [3.8, 4) is 11.3 Å². The third-order valence-corrected chi connectivity index (χ3v) is 4.05. The normalized spacial score (nSPS) is 10.9. The Bertz CT molecular complexity index is 765. The largest absolute Gasteiger partial charge is 0.359 e. The van der Waals surface area contributed by atoms with Gasteiger partial charge in [0.1, 0.15) is 0 Å². The molecule has 0 saturated carbocycles. The maximum absolute atomic E-state index is 4.47. The highest BCUT2D eigenvalue weighted by Gasteiger charge is 2.04. The van der Waals surface area contributed by atoms with Gasteiger partial charge in [0.05, 0.1) is 5.69 Å². The van der Waals surface area contributed by atoms with Crippen LogP contribution in [-0.2, 0) is 0 Å². The summed E-state index contributed by atoms with van der Waals surface area (Å²) in [6, 6.07) is 12.4. The number of rotatable bonds is 6. The van der Waals surface area contributed by atoms with E-state index in [4.69, 9.17) is 0 Å². The number of aryl methyl sites for hydroxylation is 1. The molecule has 2 aromatic rings. The fourth-order valence-corrected chi connectivity index (χ4v) is 2.63. The van der Waals surface area contributed by atoms with Crippen LogP contribution in [0.3, 0.4) is 0 Å². The minimum absolute atomic E-state index is 0.902. The molecule has 2 rings (SSSR count). The Morgan fingerprint density at radius 2 is 1.68 bits per heavy atom. The number of hydrogen-bond acceptors (Lipinski definition) is 2. The second-order valence-electron chi connectivity index (χ2n) is 5.89. The second kappa shape index (κ2) is 14.4. The summed E-state index contributed by atoms with van der Waals surface area (Å²) in [4.78, 5) is 4.47. The highest BCUT2D eigenvalue weighted by atomic mass is 14.9. The first-order valence-corrected chi connectivity index (χ1v) is 10.4. The zero-order chi connectivity index (χ0) is 21.5. The molecule has 0 aliphatic rings. The van der Waals surface area contributed by atoms with Crippen LogP contribution in [-0.4, -0.2) is 4.98 Å². The van der Waals surface area contributed by atoms with Crippen LogP contribution in [0.15, 0.2) is 72.6 Å². The van der Waals surface area contributed by atoms with Crippen LogP contribution >= 0.6 is 0 Å². The average Bonchev–Trinajstić information content (AvgIpc) is 2.75. The first-order chi connectivity index (χ1) is 13.5. The molecule has 0 aliphatic carbocycles. The van der Waals surface area contributed by atoms with Gasteiger partial charge in [0, 0.05) is 23.2 Å². The van der Waals surface area contributed by atoms with Gasteiger partial charge < -0.3 is 5.32 Å². The Labute approximate surface area is 173 Å². The zero-order valence-electron chi connectivity index (χ0n) is 19.1. The van der Waals surface area contributed by atoms with Gasteiger partial charge in [-0.1, -0.05) is 83.2 Å². The Hall–Kier alpha value is -2.61. The molecule has 2 heteroatoms. The van der Waals surface area contributed by atoms with Gasteiger partial charge in [0.15, 0.2) is 0 Å². The summed E-state index contributed by atoms with van der Waals surface area (Å²) in [6.45, 7) is 20.5. The number of benzene rings is 1. The van der Waals surface area contributed by atoms with Crippen molar-refractivity contribution in [1.82, 2.24) is 10.3 Å². The van der Waals surface area contributed by atoms with E-state index in [1.54, 1.807) is 0 Å². The maximum Gasteiger partial charge on any atom is 0.0731 e. The van der Waals surface area contributed by atoms with Crippen LogP contribution in [0.2, 0.25) is 0 Å². The van der Waals surface area contributed by atoms with E-state index >= 15 is 0 Å². The van der Waals surface area contributed by atoms with E-state index in [9.17, 15) is 0 Å². The standard InChI is InChI=1S/C22H26N2.2C2H6/c1-6-19(7-2)15-17(4)24-18(5)20-10-12-21(13-11-20)22-16(3)9-8-14-23-22;2*1-2/h6,8-15,24H,5,7H2,1-4H3;2*1-2H3/b17-15+,19-6-;;. The van der Waals surface area contributed by atoms with E-state index in [0.717, 1.165) is 34.6 Å². The predicted molar refractivity (Wildman–Crippen MR) is 127 cm³/mol. The third kappa shape index (κ3) is 7.96. The highest BCUT2D eigenvalue weighted by Crippen LogP contribution is 2.22. The molecule has 1 N–H and O–H groups in total. The van der Waals surface area contributed by atoms with Crippen molar-refractivity contribution in [2.24, 2.45) is 0 Å². The first-order valence-electron chi connectivity index (χ1n) is 10.4. The lowest BCUT2D eigenvalue weighted by atomic mass is 10.0. The number of allylic oxidation sites excluding steroid dienone is 4. The zero-order valence-corrected chi connectivity index (χ0v) is 19.1. The van der Waals surface area contributed by atoms with Crippen LogP contribution in [0.4, 0.5) is 0 Å². The minimum Gasteiger partial charge on any atom is -0.359 e. The van der Waals surface area contributed by atoms with Crippen LogP contribution in [0, 0.1) is 6.92 Å². The lowest BCUT2D eigenvalue weighted by Gasteiger charge is -2.12. The fraction of sp³-hybridized carbons (Fsp3) is 0.346. The van der Waals surface area contributed by atoms with Gasteiger partial charge in [0.2, 0.25) is 0 Å². The van der Waals surface area contributed by atoms with Crippen molar-refractivity contribution in [3.05, 3.63) is 83.7 Å². The summed E-state index contributed by atoms with van der Waals surface area (Å²) in [5.41, 5.74) is 7.73. The van der Waals surface area contributed by atoms with E-state index in [0.29, 0.717) is 0 Å². The van der Waals surface area contributed by atoms with Crippen molar-refractivity contribution in [2.45, 2.75) is 61.8 Å². The molecule has 0 saturated heterocycles. The van der Waals surface area contributed by atoms with Gasteiger partial charge in [-0.2, -0.15) is 0 Å². The third-order valence-electron chi connectivity index (χ3n) is 4.05. The van der Waals surface area contributed by atoms with Crippen molar-refractivity contribution in [3.63, 3.8) is 0 Å². The topological polar surface area (TPSA) is 24.9 Å². The molecule has 1 aromatic carbocycles. The van der Waals surface area contributed by atoms with Gasteiger partial charge in [-0.25, -0.2) is 0 Å². The molecule has 0 unspecified atom stereocenters. The Balaban J connectivity index is 0.00000171. The molecule has 28 heavy (non-hydrogen) atoms. The lowest BCUT2D eigenvalue weighted by molar-refractivity contribution is 1.05. The molecular weight excluding hydrogens is 340 g/mol. The number of hydrogen-bond donors (Lipinski definition) is 1. The molecule has 0 atom stereocenters. The average molecular weight is 379 g/mol. The molecule has 1 aromatic heterocycles. The molecule has 0 spiro atoms. The summed E-state index contributed by atoms with van der Waals surface area (Å²) >= 11 is 0. The van der Waals surface area contributed by atoms with Crippen LogP contribution in [0.25, 0.3) is 17.0 Å². The SMILES string of the molecule is C=C(N/C(C)=C/C(=C\C)CC)c1ccc(-c2ncccc2C)cc1.CC.CC. The Morgan fingerprint density at radius 1 is 1.07 bits per heavy atom. The second-order valence-corrected chi connectivity index (χ2v) is 5.89. The van der Waals surface area contributed by atoms with Gasteiger partial charge >= 0.3 is 0 Å². The van der Waals surface area contributed by atoms with E-state index in [2.05, 4.69) is 87.1 Å². The molecule has 0 fully saturated rings. The first kappa shape index (κ1) is 25.4. The summed E-state index contributed by atoms with van der Waals surface area (Å²) in [6.07, 6.45) is 7.16. The lowest BCUT2D eigenvalue weighted by Crippen LogP contribution is -2.08. The van der Waals surface area contributed by atoms with Crippen molar-refractivity contribution in [1.29, 1.82) is 0 Å². The quantitative estimate of drug-likeness (QED) is 0.516. The summed E-state index contributed by atoms with van der Waals surface area (Å²) in [7, 11) is 0. The van der Waals surface area contributed by atoms with Crippen molar-refractivity contribution in [2.75, 3.05) is 0 Å². The molecule has 0 amide bonds. The van der Waals surface area contributed by atoms with E-state index in [-0.39, 0.29) is 0 Å².